The van der Waals surface area contributed by atoms with E-state index in [4.69, 9.17) is 21.3 Å². The Balaban J connectivity index is 5.13. The molecule has 0 saturated heterocycles. The summed E-state index contributed by atoms with van der Waals surface area (Å²) in [7, 11) is 0. The van der Waals surface area contributed by atoms with Crippen molar-refractivity contribution in [3.63, 3.8) is 0 Å². The number of primary amides is 2. The molecule has 3 unspecified atom stereocenters. The summed E-state index contributed by atoms with van der Waals surface area (Å²) in [6.07, 6.45) is -2.24. The average molecular weight is 417 g/mol. The molecule has 0 aliphatic rings. The minimum Gasteiger partial charge on any atom is -0.480 e. The molecule has 0 spiro atoms. The SMILES string of the molecule is CC(NC(=O)OC(C)(C)C)C(=O)NC(CC(N)=O)C(=O)NC(CC(N)=O)C(=O)O. The van der Waals surface area contributed by atoms with Gasteiger partial charge in [0.05, 0.1) is 12.8 Å². The molecule has 0 aromatic heterocycles. The number of nitrogens with two attached hydrogens (primary N) is 2. The van der Waals surface area contributed by atoms with Crippen molar-refractivity contribution in [3.8, 4) is 0 Å². The van der Waals surface area contributed by atoms with Gasteiger partial charge in [0.2, 0.25) is 23.6 Å². The Kier molecular flexibility index (Phi) is 9.56. The van der Waals surface area contributed by atoms with Crippen molar-refractivity contribution in [3.05, 3.63) is 0 Å². The highest BCUT2D eigenvalue weighted by molar-refractivity contribution is 5.96. The number of hydrogen-bond acceptors (Lipinski definition) is 7. The van der Waals surface area contributed by atoms with Crippen LogP contribution in [-0.2, 0) is 28.7 Å². The Hall–Kier alpha value is -3.38. The van der Waals surface area contributed by atoms with Gasteiger partial charge in [-0.15, -0.1) is 0 Å². The van der Waals surface area contributed by atoms with E-state index in [1.54, 1.807) is 20.8 Å². The topological polar surface area (TPSA) is 220 Å². The second-order valence-electron chi connectivity index (χ2n) is 7.17. The standard InChI is InChI=1S/C16H27N5O8/c1-7(19-15(28)29-16(2,3)4)12(24)20-8(5-10(17)22)13(25)21-9(14(26)27)6-11(18)23/h7-9H,5-6H2,1-4H3,(H2,17,22)(H2,18,23)(H,19,28)(H,20,24)(H,21,25)(H,26,27). The molecular formula is C16H27N5O8. The van der Waals surface area contributed by atoms with Crippen LogP contribution in [0.15, 0.2) is 0 Å². The molecule has 0 heterocycles. The molecule has 0 rings (SSSR count). The fourth-order valence-corrected chi connectivity index (χ4v) is 1.93. The average Bonchev–Trinajstić information content (AvgIpc) is 2.50. The maximum atomic E-state index is 12.3. The number of rotatable bonds is 10. The first kappa shape index (κ1) is 25.6. The summed E-state index contributed by atoms with van der Waals surface area (Å²) in [6.45, 7) is 6.16. The minimum atomic E-state index is -1.66. The number of ether oxygens (including phenoxy) is 1. The van der Waals surface area contributed by atoms with E-state index in [2.05, 4.69) is 10.6 Å². The lowest BCUT2D eigenvalue weighted by Gasteiger charge is -2.24. The van der Waals surface area contributed by atoms with Crippen LogP contribution in [0.1, 0.15) is 40.5 Å². The molecule has 0 radical (unpaired) electrons. The van der Waals surface area contributed by atoms with Gasteiger partial charge in [-0.1, -0.05) is 0 Å². The number of alkyl carbamates (subject to hydrolysis) is 1. The number of carboxylic acid groups (broad SMARTS) is 1. The van der Waals surface area contributed by atoms with Crippen molar-refractivity contribution in [2.24, 2.45) is 11.5 Å². The van der Waals surface area contributed by atoms with Gasteiger partial charge < -0.3 is 37.3 Å². The second-order valence-corrected chi connectivity index (χ2v) is 7.17. The van der Waals surface area contributed by atoms with E-state index in [0.29, 0.717) is 0 Å². The van der Waals surface area contributed by atoms with Gasteiger partial charge in [0.1, 0.15) is 23.7 Å². The Bertz CT molecular complexity index is 673. The molecule has 29 heavy (non-hydrogen) atoms. The fraction of sp³-hybridized carbons (Fsp3) is 0.625. The molecule has 3 atom stereocenters. The van der Waals surface area contributed by atoms with E-state index in [9.17, 15) is 28.8 Å². The zero-order valence-corrected chi connectivity index (χ0v) is 16.6. The van der Waals surface area contributed by atoms with Gasteiger partial charge in [0.15, 0.2) is 0 Å². The van der Waals surface area contributed by atoms with E-state index in [1.165, 1.54) is 6.92 Å². The zero-order valence-electron chi connectivity index (χ0n) is 16.6. The van der Waals surface area contributed by atoms with Crippen LogP contribution < -0.4 is 27.4 Å². The third-order valence-corrected chi connectivity index (χ3v) is 3.18. The molecule has 164 valence electrons. The largest absolute Gasteiger partial charge is 0.480 e. The molecule has 5 amide bonds. The number of amides is 5. The summed E-state index contributed by atoms with van der Waals surface area (Å²) in [5.74, 6) is -5.42. The van der Waals surface area contributed by atoms with E-state index >= 15 is 0 Å². The molecule has 0 saturated carbocycles. The molecule has 0 aromatic carbocycles. The highest BCUT2D eigenvalue weighted by Gasteiger charge is 2.30. The minimum absolute atomic E-state index is 0.653. The van der Waals surface area contributed by atoms with Gasteiger partial charge in [0.25, 0.3) is 0 Å². The van der Waals surface area contributed by atoms with Crippen LogP contribution in [-0.4, -0.2) is 64.5 Å². The lowest BCUT2D eigenvalue weighted by Crippen LogP contribution is -2.56. The highest BCUT2D eigenvalue weighted by Crippen LogP contribution is 2.07. The number of hydrogen-bond donors (Lipinski definition) is 6. The van der Waals surface area contributed by atoms with Crippen molar-refractivity contribution in [1.29, 1.82) is 0 Å². The summed E-state index contributed by atoms with van der Waals surface area (Å²) in [6, 6.07) is -4.36. The predicted octanol–water partition coefficient (Wildman–Crippen LogP) is -2.30. The van der Waals surface area contributed by atoms with Crippen LogP contribution in [0.25, 0.3) is 0 Å². The maximum Gasteiger partial charge on any atom is 0.408 e. The third-order valence-electron chi connectivity index (χ3n) is 3.18. The summed E-state index contributed by atoms with van der Waals surface area (Å²) < 4.78 is 5.00. The van der Waals surface area contributed by atoms with Crippen molar-refractivity contribution >= 4 is 35.7 Å². The van der Waals surface area contributed by atoms with Crippen LogP contribution in [0, 0.1) is 0 Å². The van der Waals surface area contributed by atoms with Crippen LogP contribution in [0.2, 0.25) is 0 Å². The van der Waals surface area contributed by atoms with E-state index in [0.717, 1.165) is 0 Å². The van der Waals surface area contributed by atoms with Gasteiger partial charge in [0, 0.05) is 0 Å². The smallest absolute Gasteiger partial charge is 0.408 e. The Morgan fingerprint density at radius 2 is 1.31 bits per heavy atom. The first-order chi connectivity index (χ1) is 13.1. The zero-order chi connectivity index (χ0) is 22.9. The lowest BCUT2D eigenvalue weighted by atomic mass is 10.1. The van der Waals surface area contributed by atoms with Gasteiger partial charge in [-0.05, 0) is 27.7 Å². The molecule has 13 nitrogen and oxygen atoms in total. The first-order valence-corrected chi connectivity index (χ1v) is 8.52. The molecular weight excluding hydrogens is 390 g/mol. The molecule has 8 N–H and O–H groups in total. The van der Waals surface area contributed by atoms with Gasteiger partial charge in [-0.25, -0.2) is 9.59 Å². The van der Waals surface area contributed by atoms with E-state index < -0.39 is 72.3 Å². The number of carboxylic acids is 1. The molecule has 0 aromatic rings. The van der Waals surface area contributed by atoms with Crippen LogP contribution in [0.4, 0.5) is 4.79 Å². The highest BCUT2D eigenvalue weighted by atomic mass is 16.6. The molecule has 13 heteroatoms. The fourth-order valence-electron chi connectivity index (χ4n) is 1.93. The number of aliphatic carboxylic acids is 1. The normalized spacial score (nSPS) is 13.9. The first-order valence-electron chi connectivity index (χ1n) is 8.52. The summed E-state index contributed by atoms with van der Waals surface area (Å²) in [4.78, 5) is 69.5. The van der Waals surface area contributed by atoms with Crippen LogP contribution >= 0.6 is 0 Å². The second kappa shape index (κ2) is 10.8. The molecule has 0 aliphatic heterocycles. The van der Waals surface area contributed by atoms with Crippen molar-refractivity contribution < 1.29 is 38.6 Å². The summed E-state index contributed by atoms with van der Waals surface area (Å²) >= 11 is 0. The van der Waals surface area contributed by atoms with Crippen molar-refractivity contribution in [1.82, 2.24) is 16.0 Å². The third kappa shape index (κ3) is 11.1. The van der Waals surface area contributed by atoms with Gasteiger partial charge >= 0.3 is 12.1 Å². The Labute approximate surface area is 166 Å². The van der Waals surface area contributed by atoms with Crippen molar-refractivity contribution in [2.45, 2.75) is 64.3 Å². The Morgan fingerprint density at radius 1 is 0.862 bits per heavy atom. The predicted molar refractivity (Wildman–Crippen MR) is 98.0 cm³/mol. The van der Waals surface area contributed by atoms with Gasteiger partial charge in [-0.3, -0.25) is 19.2 Å². The summed E-state index contributed by atoms with van der Waals surface area (Å²) in [5.41, 5.74) is 9.17. The number of nitrogens with one attached hydrogen (secondary N) is 3. The maximum absolute atomic E-state index is 12.3. The Morgan fingerprint density at radius 3 is 1.72 bits per heavy atom. The summed E-state index contributed by atoms with van der Waals surface area (Å²) in [5, 5.41) is 15.5. The monoisotopic (exact) mass is 417 g/mol. The molecule has 0 fully saturated rings. The molecule has 0 aliphatic carbocycles. The number of carbonyl (C=O) groups is 6. The van der Waals surface area contributed by atoms with Crippen LogP contribution in [0.5, 0.6) is 0 Å². The van der Waals surface area contributed by atoms with E-state index in [-0.39, 0.29) is 0 Å². The molecule has 0 bridgehead atoms. The van der Waals surface area contributed by atoms with Crippen LogP contribution in [0.3, 0.4) is 0 Å². The van der Waals surface area contributed by atoms with Crippen molar-refractivity contribution in [2.75, 3.05) is 0 Å². The van der Waals surface area contributed by atoms with Gasteiger partial charge in [-0.2, -0.15) is 0 Å². The lowest BCUT2D eigenvalue weighted by molar-refractivity contribution is -0.143. The van der Waals surface area contributed by atoms with E-state index in [1.807, 2.05) is 5.32 Å². The number of carbonyl (C=O) groups excluding carboxylic acids is 5. The quantitative estimate of drug-likeness (QED) is 0.226.